The van der Waals surface area contributed by atoms with Gasteiger partial charge in [0.25, 0.3) is 0 Å². The second-order valence-corrected chi connectivity index (χ2v) is 11.9. The molecule has 0 rings (SSSR count). The lowest BCUT2D eigenvalue weighted by Gasteiger charge is -2.15. The van der Waals surface area contributed by atoms with E-state index in [4.69, 9.17) is 9.47 Å². The SMILES string of the molecule is CCCCCCC=CCCCCCCCC(=O)OCC(CO)OC(=O)CCCC=CCC=CCC=CCCCCCCCC. The number of hydrogen-bond donors (Lipinski definition) is 1. The summed E-state index contributed by atoms with van der Waals surface area (Å²) in [5.74, 6) is -0.665. The van der Waals surface area contributed by atoms with Gasteiger partial charge in [-0.3, -0.25) is 9.59 Å². The van der Waals surface area contributed by atoms with Gasteiger partial charge in [-0.15, -0.1) is 0 Å². The lowest BCUT2D eigenvalue weighted by atomic mass is 10.1. The van der Waals surface area contributed by atoms with Crippen molar-refractivity contribution in [3.8, 4) is 0 Å². The Kier molecular flexibility index (Phi) is 33.6. The highest BCUT2D eigenvalue weighted by molar-refractivity contribution is 5.70. The van der Waals surface area contributed by atoms with Crippen molar-refractivity contribution in [2.24, 2.45) is 0 Å². The zero-order valence-electron chi connectivity index (χ0n) is 28.7. The van der Waals surface area contributed by atoms with E-state index in [1.54, 1.807) is 0 Å². The molecule has 0 fully saturated rings. The van der Waals surface area contributed by atoms with Crippen LogP contribution in [0.2, 0.25) is 0 Å². The molecule has 0 saturated carbocycles. The molecule has 0 heterocycles. The molecule has 1 unspecified atom stereocenters. The summed E-state index contributed by atoms with van der Waals surface area (Å²) in [6.45, 7) is 4.05. The molecule has 0 saturated heterocycles. The fourth-order valence-corrected chi connectivity index (χ4v) is 4.80. The summed E-state index contributed by atoms with van der Waals surface area (Å²) in [5, 5.41) is 9.51. The maximum atomic E-state index is 12.1. The van der Waals surface area contributed by atoms with Crippen molar-refractivity contribution in [3.63, 3.8) is 0 Å². The normalized spacial score (nSPS) is 12.7. The topological polar surface area (TPSA) is 72.8 Å². The zero-order valence-corrected chi connectivity index (χ0v) is 28.7. The van der Waals surface area contributed by atoms with Gasteiger partial charge in [0.1, 0.15) is 6.61 Å². The Morgan fingerprint density at radius 1 is 0.523 bits per heavy atom. The fraction of sp³-hybridized carbons (Fsp3) is 0.744. The number of allylic oxidation sites excluding steroid dienone is 8. The van der Waals surface area contributed by atoms with Gasteiger partial charge in [-0.25, -0.2) is 0 Å². The highest BCUT2D eigenvalue weighted by atomic mass is 16.6. The highest BCUT2D eigenvalue weighted by Crippen LogP contribution is 2.11. The largest absolute Gasteiger partial charge is 0.462 e. The van der Waals surface area contributed by atoms with Crippen molar-refractivity contribution in [2.75, 3.05) is 13.2 Å². The van der Waals surface area contributed by atoms with E-state index in [2.05, 4.69) is 62.5 Å². The number of aliphatic hydroxyl groups excluding tert-OH is 1. The monoisotopic (exact) mass is 617 g/mol. The van der Waals surface area contributed by atoms with Crippen LogP contribution in [0.25, 0.3) is 0 Å². The van der Waals surface area contributed by atoms with Gasteiger partial charge in [-0.2, -0.15) is 0 Å². The minimum absolute atomic E-state index is 0.0909. The first kappa shape index (κ1) is 41.9. The van der Waals surface area contributed by atoms with Crippen LogP contribution in [0.5, 0.6) is 0 Å². The van der Waals surface area contributed by atoms with Crippen LogP contribution in [0.1, 0.15) is 168 Å². The molecule has 0 bridgehead atoms. The molecule has 0 aromatic carbocycles. The minimum atomic E-state index is -0.799. The smallest absolute Gasteiger partial charge is 0.306 e. The van der Waals surface area contributed by atoms with Gasteiger partial charge in [0.15, 0.2) is 6.10 Å². The third-order valence-electron chi connectivity index (χ3n) is 7.60. The molecule has 0 aliphatic rings. The zero-order chi connectivity index (χ0) is 32.2. The molecule has 5 nitrogen and oxygen atoms in total. The Morgan fingerprint density at radius 3 is 1.48 bits per heavy atom. The predicted molar refractivity (Wildman–Crippen MR) is 187 cm³/mol. The van der Waals surface area contributed by atoms with Crippen LogP contribution in [0.4, 0.5) is 0 Å². The molecular weight excluding hydrogens is 548 g/mol. The number of unbranched alkanes of at least 4 members (excludes halogenated alkanes) is 16. The summed E-state index contributed by atoms with van der Waals surface area (Å²) in [7, 11) is 0. The molecule has 44 heavy (non-hydrogen) atoms. The summed E-state index contributed by atoms with van der Waals surface area (Å²) in [5.41, 5.74) is 0. The molecule has 0 amide bonds. The number of carbonyl (C=O) groups excluding carboxylic acids is 2. The Morgan fingerprint density at radius 2 is 0.932 bits per heavy atom. The third kappa shape index (κ3) is 32.8. The van der Waals surface area contributed by atoms with Gasteiger partial charge in [-0.1, -0.05) is 133 Å². The van der Waals surface area contributed by atoms with Crippen LogP contribution in [-0.2, 0) is 19.1 Å². The Bertz CT molecular complexity index is 752. The van der Waals surface area contributed by atoms with Crippen LogP contribution in [-0.4, -0.2) is 36.4 Å². The lowest BCUT2D eigenvalue weighted by Crippen LogP contribution is -2.28. The lowest BCUT2D eigenvalue weighted by molar-refractivity contribution is -0.161. The molecule has 5 heteroatoms. The van der Waals surface area contributed by atoms with E-state index in [1.165, 1.54) is 89.9 Å². The maximum absolute atomic E-state index is 12.1. The Hall–Kier alpha value is -2.14. The average molecular weight is 617 g/mol. The molecular formula is C39H68O5. The summed E-state index contributed by atoms with van der Waals surface area (Å²) in [6.07, 6.45) is 43.1. The first-order valence-corrected chi connectivity index (χ1v) is 18.2. The van der Waals surface area contributed by atoms with E-state index < -0.39 is 6.10 Å². The molecule has 1 atom stereocenters. The van der Waals surface area contributed by atoms with Crippen LogP contribution in [0.3, 0.4) is 0 Å². The summed E-state index contributed by atoms with van der Waals surface area (Å²) in [4.78, 5) is 24.1. The van der Waals surface area contributed by atoms with Crippen molar-refractivity contribution >= 4 is 11.9 Å². The molecule has 0 aliphatic carbocycles. The first-order valence-electron chi connectivity index (χ1n) is 18.2. The summed E-state index contributed by atoms with van der Waals surface area (Å²) in [6, 6.07) is 0. The number of esters is 2. The summed E-state index contributed by atoms with van der Waals surface area (Å²) >= 11 is 0. The number of rotatable bonds is 32. The van der Waals surface area contributed by atoms with Gasteiger partial charge >= 0.3 is 11.9 Å². The minimum Gasteiger partial charge on any atom is -0.462 e. The van der Waals surface area contributed by atoms with Crippen molar-refractivity contribution in [3.05, 3.63) is 48.6 Å². The van der Waals surface area contributed by atoms with Gasteiger partial charge in [0.2, 0.25) is 0 Å². The Labute approximate surface area is 271 Å². The molecule has 1 N–H and O–H groups in total. The standard InChI is InChI=1S/C39H68O5/c1-3-5-7-9-11-13-15-17-18-19-20-22-24-26-28-30-32-34-39(42)44-37(35-40)36-43-38(41)33-31-29-27-25-23-21-16-14-12-10-8-6-4-2/h14,16-18,20,22,26,28,37,40H,3-13,15,19,21,23-25,27,29-36H2,1-2H3. The van der Waals surface area contributed by atoms with Crippen LogP contribution < -0.4 is 0 Å². The van der Waals surface area contributed by atoms with Crippen LogP contribution >= 0.6 is 0 Å². The molecule has 0 aliphatic heterocycles. The highest BCUT2D eigenvalue weighted by Gasteiger charge is 2.15. The van der Waals surface area contributed by atoms with Crippen molar-refractivity contribution < 1.29 is 24.2 Å². The first-order chi connectivity index (χ1) is 21.6. The Balaban J connectivity index is 3.69. The van der Waals surface area contributed by atoms with E-state index >= 15 is 0 Å². The number of ether oxygens (including phenoxy) is 2. The van der Waals surface area contributed by atoms with Crippen molar-refractivity contribution in [1.82, 2.24) is 0 Å². The van der Waals surface area contributed by atoms with E-state index in [0.29, 0.717) is 12.8 Å². The van der Waals surface area contributed by atoms with E-state index in [-0.39, 0.29) is 31.6 Å². The molecule has 254 valence electrons. The second-order valence-electron chi connectivity index (χ2n) is 11.9. The number of hydrogen-bond acceptors (Lipinski definition) is 5. The molecule has 0 spiro atoms. The number of carbonyl (C=O) groups is 2. The quantitative estimate of drug-likeness (QED) is 0.0462. The van der Waals surface area contributed by atoms with Crippen molar-refractivity contribution in [1.29, 1.82) is 0 Å². The summed E-state index contributed by atoms with van der Waals surface area (Å²) < 4.78 is 10.5. The second kappa shape index (κ2) is 35.3. The predicted octanol–water partition coefficient (Wildman–Crippen LogP) is 11.1. The van der Waals surface area contributed by atoms with Gasteiger partial charge in [0.05, 0.1) is 6.61 Å². The van der Waals surface area contributed by atoms with Gasteiger partial charge in [0, 0.05) is 12.8 Å². The van der Waals surface area contributed by atoms with Gasteiger partial charge < -0.3 is 14.6 Å². The maximum Gasteiger partial charge on any atom is 0.306 e. The van der Waals surface area contributed by atoms with Gasteiger partial charge in [-0.05, 0) is 70.6 Å². The molecule has 0 aromatic rings. The molecule has 0 radical (unpaired) electrons. The van der Waals surface area contributed by atoms with E-state index in [9.17, 15) is 14.7 Å². The van der Waals surface area contributed by atoms with Crippen molar-refractivity contribution in [2.45, 2.75) is 174 Å². The van der Waals surface area contributed by atoms with Crippen LogP contribution in [0, 0.1) is 0 Å². The van der Waals surface area contributed by atoms with Crippen LogP contribution in [0.15, 0.2) is 48.6 Å². The van der Waals surface area contributed by atoms with E-state index in [1.807, 2.05) is 0 Å². The van der Waals surface area contributed by atoms with E-state index in [0.717, 1.165) is 44.9 Å². The molecule has 0 aromatic heterocycles. The fourth-order valence-electron chi connectivity index (χ4n) is 4.80. The third-order valence-corrected chi connectivity index (χ3v) is 7.60. The number of aliphatic hydroxyl groups is 1. The average Bonchev–Trinajstić information content (AvgIpc) is 3.02.